The summed E-state index contributed by atoms with van der Waals surface area (Å²) in [7, 11) is 4.04. The molecule has 0 radical (unpaired) electrons. The molecule has 2 aromatic rings. The van der Waals surface area contributed by atoms with Crippen LogP contribution >= 0.6 is 0 Å². The maximum absolute atomic E-state index is 12.7. The molecule has 0 saturated heterocycles. The van der Waals surface area contributed by atoms with Crippen molar-refractivity contribution >= 4 is 17.3 Å². The lowest BCUT2D eigenvalue weighted by Gasteiger charge is -2.29. The fourth-order valence-electron chi connectivity index (χ4n) is 2.97. The van der Waals surface area contributed by atoms with Gasteiger partial charge in [0.2, 0.25) is 5.91 Å². The lowest BCUT2D eigenvalue weighted by Crippen LogP contribution is -2.36. The number of para-hydroxylation sites is 1. The molecule has 3 heteroatoms. The third-order valence-corrected chi connectivity index (χ3v) is 4.22. The van der Waals surface area contributed by atoms with Gasteiger partial charge in [-0.3, -0.25) is 4.79 Å². The molecule has 3 rings (SSSR count). The summed E-state index contributed by atoms with van der Waals surface area (Å²) in [6.07, 6.45) is 2.57. The van der Waals surface area contributed by atoms with Crippen molar-refractivity contribution in [3.8, 4) is 0 Å². The van der Waals surface area contributed by atoms with Crippen molar-refractivity contribution in [3.05, 3.63) is 59.7 Å². The number of hydrogen-bond donors (Lipinski definition) is 0. The van der Waals surface area contributed by atoms with E-state index in [0.29, 0.717) is 6.42 Å². The number of aryl methyl sites for hydroxylation is 1. The summed E-state index contributed by atoms with van der Waals surface area (Å²) in [5.74, 6) is 0.185. The summed E-state index contributed by atoms with van der Waals surface area (Å²) in [5.41, 5.74) is 4.59. The largest absolute Gasteiger partial charge is 0.378 e. The molecule has 0 N–H and O–H groups in total. The second kappa shape index (κ2) is 6.22. The summed E-state index contributed by atoms with van der Waals surface area (Å²) < 4.78 is 0. The van der Waals surface area contributed by atoms with E-state index in [1.54, 1.807) is 0 Å². The van der Waals surface area contributed by atoms with Gasteiger partial charge in [-0.25, -0.2) is 0 Å². The Bertz CT molecular complexity index is 661. The van der Waals surface area contributed by atoms with E-state index in [1.165, 1.54) is 5.56 Å². The molecule has 114 valence electrons. The summed E-state index contributed by atoms with van der Waals surface area (Å²) in [6, 6.07) is 16.5. The number of nitrogens with zero attached hydrogens (tertiary/aromatic N) is 2. The molecule has 0 bridgehead atoms. The molecule has 0 aliphatic carbocycles. The van der Waals surface area contributed by atoms with Gasteiger partial charge in [-0.2, -0.15) is 0 Å². The topological polar surface area (TPSA) is 23.6 Å². The first-order valence-corrected chi connectivity index (χ1v) is 7.79. The molecule has 0 saturated carbocycles. The van der Waals surface area contributed by atoms with Crippen molar-refractivity contribution in [2.24, 2.45) is 0 Å². The van der Waals surface area contributed by atoms with E-state index in [4.69, 9.17) is 0 Å². The lowest BCUT2D eigenvalue weighted by molar-refractivity contribution is -0.118. The Kier molecular flexibility index (Phi) is 4.14. The third-order valence-electron chi connectivity index (χ3n) is 4.22. The van der Waals surface area contributed by atoms with Crippen LogP contribution in [0.3, 0.4) is 0 Å². The maximum atomic E-state index is 12.7. The van der Waals surface area contributed by atoms with Gasteiger partial charge in [-0.1, -0.05) is 30.3 Å². The van der Waals surface area contributed by atoms with E-state index in [9.17, 15) is 4.79 Å². The molecule has 1 aliphatic heterocycles. The lowest BCUT2D eigenvalue weighted by atomic mass is 10.0. The van der Waals surface area contributed by atoms with Gasteiger partial charge in [0, 0.05) is 32.0 Å². The summed E-state index contributed by atoms with van der Waals surface area (Å²) >= 11 is 0. The Morgan fingerprint density at radius 2 is 1.82 bits per heavy atom. The quantitative estimate of drug-likeness (QED) is 0.867. The van der Waals surface area contributed by atoms with E-state index in [1.807, 2.05) is 43.3 Å². The molecule has 0 spiro atoms. The minimum atomic E-state index is 0.185. The van der Waals surface area contributed by atoms with Crippen molar-refractivity contribution in [3.63, 3.8) is 0 Å². The Morgan fingerprint density at radius 1 is 1.09 bits per heavy atom. The van der Waals surface area contributed by atoms with Crippen LogP contribution in [-0.2, 0) is 17.6 Å². The second-order valence-corrected chi connectivity index (χ2v) is 6.02. The van der Waals surface area contributed by atoms with Crippen LogP contribution in [0.2, 0.25) is 0 Å². The first kappa shape index (κ1) is 14.6. The van der Waals surface area contributed by atoms with E-state index in [2.05, 4.69) is 29.2 Å². The molecule has 1 heterocycles. The van der Waals surface area contributed by atoms with Crippen molar-refractivity contribution in [2.45, 2.75) is 19.3 Å². The van der Waals surface area contributed by atoms with Crippen molar-refractivity contribution in [1.82, 2.24) is 0 Å². The zero-order valence-corrected chi connectivity index (χ0v) is 13.2. The first-order chi connectivity index (χ1) is 10.6. The summed E-state index contributed by atoms with van der Waals surface area (Å²) in [6.45, 7) is 0.825. The Hall–Kier alpha value is -2.29. The van der Waals surface area contributed by atoms with Crippen molar-refractivity contribution in [1.29, 1.82) is 0 Å². The molecule has 22 heavy (non-hydrogen) atoms. The molecule has 2 aromatic carbocycles. The minimum absolute atomic E-state index is 0.185. The van der Waals surface area contributed by atoms with Crippen molar-refractivity contribution in [2.75, 3.05) is 30.4 Å². The monoisotopic (exact) mass is 294 g/mol. The van der Waals surface area contributed by atoms with E-state index in [0.717, 1.165) is 36.3 Å². The normalized spacial score (nSPS) is 13.6. The fourth-order valence-corrected chi connectivity index (χ4v) is 2.97. The van der Waals surface area contributed by atoms with Crippen LogP contribution in [0.15, 0.2) is 48.5 Å². The zero-order valence-electron chi connectivity index (χ0n) is 13.2. The van der Waals surface area contributed by atoms with Crippen molar-refractivity contribution < 1.29 is 4.79 Å². The maximum Gasteiger partial charge on any atom is 0.231 e. The van der Waals surface area contributed by atoms with Crippen LogP contribution in [0.1, 0.15) is 17.5 Å². The van der Waals surface area contributed by atoms with Crippen LogP contribution in [-0.4, -0.2) is 26.5 Å². The smallest absolute Gasteiger partial charge is 0.231 e. The molecule has 0 unspecified atom stereocenters. The van der Waals surface area contributed by atoms with E-state index < -0.39 is 0 Å². The van der Waals surface area contributed by atoms with Crippen LogP contribution in [0.5, 0.6) is 0 Å². The number of fused-ring (bicyclic) bond motifs is 1. The van der Waals surface area contributed by atoms with Gasteiger partial charge >= 0.3 is 0 Å². The first-order valence-electron chi connectivity index (χ1n) is 7.79. The second-order valence-electron chi connectivity index (χ2n) is 6.02. The van der Waals surface area contributed by atoms with Crippen LogP contribution < -0.4 is 9.80 Å². The Labute approximate surface area is 132 Å². The molecule has 0 fully saturated rings. The van der Waals surface area contributed by atoms with Gasteiger partial charge in [0.25, 0.3) is 0 Å². The number of carbonyl (C=O) groups excluding carboxylic acids is 1. The molecule has 1 aliphatic rings. The SMILES string of the molecule is CN(C)c1ccc(CC(=O)N2CCCc3ccccc32)cc1. The standard InChI is InChI=1S/C19H22N2O/c1-20(2)17-11-9-15(10-12-17)14-19(22)21-13-5-7-16-6-3-4-8-18(16)21/h3-4,6,8-12H,5,7,13-14H2,1-2H3. The number of anilines is 2. The van der Waals surface area contributed by atoms with Gasteiger partial charge in [0.15, 0.2) is 0 Å². The highest BCUT2D eigenvalue weighted by Gasteiger charge is 2.21. The zero-order chi connectivity index (χ0) is 15.5. The summed E-state index contributed by atoms with van der Waals surface area (Å²) in [5, 5.41) is 0. The van der Waals surface area contributed by atoms with Gasteiger partial charge in [-0.05, 0) is 42.2 Å². The summed E-state index contributed by atoms with van der Waals surface area (Å²) in [4.78, 5) is 16.7. The van der Waals surface area contributed by atoms with Crippen LogP contribution in [0.25, 0.3) is 0 Å². The molecular weight excluding hydrogens is 272 g/mol. The predicted octanol–water partition coefficient (Wildman–Crippen LogP) is 3.27. The minimum Gasteiger partial charge on any atom is -0.378 e. The fraction of sp³-hybridized carbons (Fsp3) is 0.316. The van der Waals surface area contributed by atoms with Gasteiger partial charge in [0.1, 0.15) is 0 Å². The van der Waals surface area contributed by atoms with Gasteiger partial charge in [0.05, 0.1) is 6.42 Å². The molecule has 3 nitrogen and oxygen atoms in total. The van der Waals surface area contributed by atoms with E-state index in [-0.39, 0.29) is 5.91 Å². The highest BCUT2D eigenvalue weighted by molar-refractivity contribution is 5.95. The van der Waals surface area contributed by atoms with Crippen LogP contribution in [0.4, 0.5) is 11.4 Å². The van der Waals surface area contributed by atoms with E-state index >= 15 is 0 Å². The number of carbonyl (C=O) groups is 1. The van der Waals surface area contributed by atoms with Gasteiger partial charge in [-0.15, -0.1) is 0 Å². The van der Waals surface area contributed by atoms with Crippen LogP contribution in [0, 0.1) is 0 Å². The average Bonchev–Trinajstić information content (AvgIpc) is 2.54. The Balaban J connectivity index is 1.75. The highest BCUT2D eigenvalue weighted by Crippen LogP contribution is 2.27. The Morgan fingerprint density at radius 3 is 2.55 bits per heavy atom. The third kappa shape index (κ3) is 2.98. The predicted molar refractivity (Wildman–Crippen MR) is 91.6 cm³/mol. The molecule has 0 atom stereocenters. The molecule has 0 aromatic heterocycles. The molecular formula is C19H22N2O. The van der Waals surface area contributed by atoms with Gasteiger partial charge < -0.3 is 9.80 Å². The highest BCUT2D eigenvalue weighted by atomic mass is 16.2. The molecule has 1 amide bonds. The number of hydrogen-bond acceptors (Lipinski definition) is 2. The number of amides is 1. The number of rotatable bonds is 3. The average molecular weight is 294 g/mol. The number of benzene rings is 2.